The van der Waals surface area contributed by atoms with Gasteiger partial charge >= 0.3 is 11.8 Å². The van der Waals surface area contributed by atoms with E-state index in [1.807, 2.05) is 26.8 Å². The van der Waals surface area contributed by atoms with Crippen molar-refractivity contribution >= 4 is 34.5 Å². The third kappa shape index (κ3) is 4.24. The van der Waals surface area contributed by atoms with Gasteiger partial charge in [0.15, 0.2) is 5.65 Å². The van der Waals surface area contributed by atoms with E-state index in [2.05, 4.69) is 44.5 Å². The number of carbonyl (C=O) groups is 1. The van der Waals surface area contributed by atoms with Crippen LogP contribution in [0.25, 0.3) is 16.7 Å². The number of halogens is 1. The number of nitrogens with zero attached hydrogens (tertiary/aromatic N) is 6. The number of rotatable bonds is 3. The normalized spacial score (nSPS) is 21.4. The molecule has 214 valence electrons. The zero-order chi connectivity index (χ0) is 29.3. The smallest absolute Gasteiger partial charge is 0.407 e. The Bertz CT molecular complexity index is 1580. The fourth-order valence-corrected chi connectivity index (χ4v) is 6.62. The minimum absolute atomic E-state index is 0.0676. The van der Waals surface area contributed by atoms with Crippen LogP contribution in [0, 0.1) is 12.3 Å². The summed E-state index contributed by atoms with van der Waals surface area (Å²) in [6.45, 7) is 16.9. The van der Waals surface area contributed by atoms with Crippen LogP contribution >= 0.6 is 11.6 Å². The Kier molecular flexibility index (Phi) is 6.88. The molecule has 0 bridgehead atoms. The quantitative estimate of drug-likeness (QED) is 0.403. The van der Waals surface area contributed by atoms with Crippen LogP contribution in [0.2, 0.25) is 5.15 Å². The summed E-state index contributed by atoms with van der Waals surface area (Å²) < 4.78 is 1.59. The lowest BCUT2D eigenvalue weighted by atomic mass is 9.71. The SMILES string of the molecule is Cc1ccnc(C(C)C)c1-n1c(=O)nc(N2C[C@@](C)(C(C)(C)C)N(C(=O)O)C[C@@H]2C)c2c3c(c(Cl)nc21)CCC3. The summed E-state index contributed by atoms with van der Waals surface area (Å²) in [6.07, 6.45) is 3.39. The first-order valence-electron chi connectivity index (χ1n) is 14.0. The molecule has 3 aromatic rings. The third-order valence-corrected chi connectivity index (χ3v) is 9.43. The van der Waals surface area contributed by atoms with Crippen molar-refractivity contribution in [1.29, 1.82) is 0 Å². The van der Waals surface area contributed by atoms with Crippen molar-refractivity contribution < 1.29 is 9.90 Å². The maximum atomic E-state index is 14.1. The molecule has 0 unspecified atom stereocenters. The van der Waals surface area contributed by atoms with E-state index >= 15 is 0 Å². The van der Waals surface area contributed by atoms with Crippen LogP contribution in [0.5, 0.6) is 0 Å². The molecule has 0 saturated carbocycles. The summed E-state index contributed by atoms with van der Waals surface area (Å²) in [5.74, 6) is 0.622. The molecule has 1 amide bonds. The molecule has 0 aromatic carbocycles. The Balaban J connectivity index is 1.85. The van der Waals surface area contributed by atoms with Crippen LogP contribution in [0.4, 0.5) is 10.6 Å². The Labute approximate surface area is 240 Å². The summed E-state index contributed by atoms with van der Waals surface area (Å²) in [6, 6.07) is 1.68. The third-order valence-electron chi connectivity index (χ3n) is 9.12. The van der Waals surface area contributed by atoms with Crippen molar-refractivity contribution in [3.8, 4) is 5.69 Å². The molecule has 1 N–H and O–H groups in total. The molecule has 1 aliphatic heterocycles. The number of fused-ring (bicyclic) bond motifs is 3. The lowest BCUT2D eigenvalue weighted by Gasteiger charge is -2.56. The summed E-state index contributed by atoms with van der Waals surface area (Å²) in [5.41, 5.74) is 3.37. The van der Waals surface area contributed by atoms with Gasteiger partial charge in [0.25, 0.3) is 0 Å². The predicted octanol–water partition coefficient (Wildman–Crippen LogP) is 5.74. The highest BCUT2D eigenvalue weighted by Gasteiger charge is 2.51. The summed E-state index contributed by atoms with van der Waals surface area (Å²) >= 11 is 6.78. The van der Waals surface area contributed by atoms with Gasteiger partial charge in [0, 0.05) is 25.3 Å². The van der Waals surface area contributed by atoms with Gasteiger partial charge in [-0.15, -0.1) is 0 Å². The number of hydrogen-bond donors (Lipinski definition) is 1. The summed E-state index contributed by atoms with van der Waals surface area (Å²) in [7, 11) is 0. The maximum Gasteiger partial charge on any atom is 0.407 e. The van der Waals surface area contributed by atoms with Gasteiger partial charge in [0.2, 0.25) is 0 Å². The number of hydrogen-bond acceptors (Lipinski definition) is 6. The zero-order valence-corrected chi connectivity index (χ0v) is 25.4. The van der Waals surface area contributed by atoms with Crippen LogP contribution in [0.3, 0.4) is 0 Å². The Hall–Kier alpha value is -3.20. The number of anilines is 1. The molecule has 0 spiro atoms. The molecule has 2 aliphatic rings. The Morgan fingerprint density at radius 3 is 2.50 bits per heavy atom. The minimum Gasteiger partial charge on any atom is -0.465 e. The van der Waals surface area contributed by atoms with Gasteiger partial charge in [0.05, 0.1) is 22.3 Å². The molecule has 1 aliphatic carbocycles. The van der Waals surface area contributed by atoms with E-state index in [4.69, 9.17) is 21.6 Å². The van der Waals surface area contributed by atoms with Crippen LogP contribution in [0.15, 0.2) is 17.1 Å². The average Bonchev–Trinajstić information content (AvgIpc) is 3.35. The fourth-order valence-electron chi connectivity index (χ4n) is 6.33. The number of carboxylic acid groups (broad SMARTS) is 1. The summed E-state index contributed by atoms with van der Waals surface area (Å²) in [4.78, 5) is 44.4. The second-order valence-electron chi connectivity index (χ2n) is 12.9. The number of pyridine rings is 2. The van der Waals surface area contributed by atoms with Crippen LogP contribution < -0.4 is 10.6 Å². The van der Waals surface area contributed by atoms with Crippen molar-refractivity contribution in [2.24, 2.45) is 5.41 Å². The van der Waals surface area contributed by atoms with E-state index in [9.17, 15) is 14.7 Å². The molecule has 9 nitrogen and oxygen atoms in total. The van der Waals surface area contributed by atoms with Crippen molar-refractivity contribution in [2.75, 3.05) is 18.0 Å². The average molecular weight is 567 g/mol. The number of aromatic nitrogens is 4. The molecule has 5 rings (SSSR count). The molecule has 40 heavy (non-hydrogen) atoms. The Morgan fingerprint density at radius 1 is 1.20 bits per heavy atom. The van der Waals surface area contributed by atoms with Gasteiger partial charge < -0.3 is 10.0 Å². The van der Waals surface area contributed by atoms with Gasteiger partial charge in [0.1, 0.15) is 11.0 Å². The van der Waals surface area contributed by atoms with E-state index in [1.165, 1.54) is 0 Å². The summed E-state index contributed by atoms with van der Waals surface area (Å²) in [5, 5.41) is 11.4. The maximum absolute atomic E-state index is 14.1. The van der Waals surface area contributed by atoms with Gasteiger partial charge in [-0.1, -0.05) is 46.2 Å². The molecule has 2 atom stereocenters. The van der Waals surface area contributed by atoms with Crippen molar-refractivity contribution in [1.82, 2.24) is 24.4 Å². The second kappa shape index (κ2) is 9.72. The standard InChI is InChI=1S/C30H39ClN6O3/c1-16(2)22-23(17(3)12-13-32-22)37-26-21(19-10-9-11-20(19)24(31)33-26)25(34-27(37)38)35-15-30(8,29(5,6)7)36(28(39)40)14-18(35)4/h12-13,16,18H,9-11,14-15H2,1-8H3,(H,39,40)/t18-,30-/m0/s1. The molecule has 0 radical (unpaired) electrons. The first kappa shape index (κ1) is 28.3. The van der Waals surface area contributed by atoms with Gasteiger partial charge in [-0.3, -0.25) is 9.88 Å². The van der Waals surface area contributed by atoms with Crippen molar-refractivity contribution in [3.63, 3.8) is 0 Å². The van der Waals surface area contributed by atoms with Gasteiger partial charge in [-0.05, 0) is 74.1 Å². The highest BCUT2D eigenvalue weighted by Crippen LogP contribution is 2.44. The molecule has 1 saturated heterocycles. The number of aryl methyl sites for hydroxylation is 2. The Morgan fingerprint density at radius 2 is 1.88 bits per heavy atom. The van der Waals surface area contributed by atoms with Crippen LogP contribution in [-0.4, -0.2) is 60.3 Å². The first-order valence-corrected chi connectivity index (χ1v) is 14.4. The molecule has 4 heterocycles. The van der Waals surface area contributed by atoms with E-state index in [0.717, 1.165) is 47.0 Å². The van der Waals surface area contributed by atoms with Crippen molar-refractivity contribution in [3.05, 3.63) is 50.3 Å². The zero-order valence-electron chi connectivity index (χ0n) is 24.7. The van der Waals surface area contributed by atoms with E-state index in [0.29, 0.717) is 28.9 Å². The molecule has 10 heteroatoms. The van der Waals surface area contributed by atoms with Gasteiger partial charge in [-0.25, -0.2) is 19.1 Å². The van der Waals surface area contributed by atoms with Crippen LogP contribution in [-0.2, 0) is 12.8 Å². The van der Waals surface area contributed by atoms with Gasteiger partial charge in [-0.2, -0.15) is 4.98 Å². The molecular formula is C30H39ClN6O3. The van der Waals surface area contributed by atoms with Crippen LogP contribution in [0.1, 0.15) is 83.2 Å². The first-order chi connectivity index (χ1) is 18.7. The molecular weight excluding hydrogens is 528 g/mol. The lowest BCUT2D eigenvalue weighted by Crippen LogP contribution is -2.70. The van der Waals surface area contributed by atoms with E-state index in [-0.39, 0.29) is 23.9 Å². The predicted molar refractivity (Wildman–Crippen MR) is 158 cm³/mol. The highest BCUT2D eigenvalue weighted by atomic mass is 35.5. The molecule has 1 fully saturated rings. The largest absolute Gasteiger partial charge is 0.465 e. The van der Waals surface area contributed by atoms with E-state index in [1.54, 1.807) is 15.7 Å². The number of amides is 1. The molecule has 3 aromatic heterocycles. The van der Waals surface area contributed by atoms with Crippen molar-refractivity contribution in [2.45, 2.75) is 92.2 Å². The monoisotopic (exact) mass is 566 g/mol. The topological polar surface area (TPSA) is 104 Å². The second-order valence-corrected chi connectivity index (χ2v) is 13.2. The fraction of sp³-hybridized carbons (Fsp3) is 0.567. The highest BCUT2D eigenvalue weighted by molar-refractivity contribution is 6.31. The van der Waals surface area contributed by atoms with E-state index < -0.39 is 17.3 Å². The number of piperazine rings is 1. The lowest BCUT2D eigenvalue weighted by molar-refractivity contribution is -0.00148. The minimum atomic E-state index is -0.945.